The lowest BCUT2D eigenvalue weighted by molar-refractivity contribution is -0.930. The van der Waals surface area contributed by atoms with Crippen LogP contribution >= 0.6 is 0 Å². The third-order valence-corrected chi connectivity index (χ3v) is 4.86. The molecule has 1 unspecified atom stereocenters. The van der Waals surface area contributed by atoms with Gasteiger partial charge in [0.05, 0.1) is 12.6 Å². The molecule has 2 aromatic rings. The topological polar surface area (TPSA) is 51.0 Å². The molecule has 0 aromatic heterocycles. The van der Waals surface area contributed by atoms with Crippen molar-refractivity contribution in [3.05, 3.63) is 71.8 Å². The molecule has 0 saturated carbocycles. The van der Waals surface area contributed by atoms with E-state index in [1.54, 1.807) is 48.5 Å². The second kappa shape index (κ2) is 8.02. The second-order valence-corrected chi connectivity index (χ2v) is 7.89. The van der Waals surface area contributed by atoms with E-state index in [9.17, 15) is 9.90 Å². The van der Waals surface area contributed by atoms with Crippen molar-refractivity contribution in [1.29, 1.82) is 0 Å². The summed E-state index contributed by atoms with van der Waals surface area (Å²) in [7, 11) is 2.07. The predicted octanol–water partition coefficient (Wildman–Crippen LogP) is 2.17. The number of ether oxygens (including phenoxy) is 1. The number of esters is 1. The van der Waals surface area contributed by atoms with Crippen molar-refractivity contribution in [2.24, 2.45) is 0 Å². The van der Waals surface area contributed by atoms with Gasteiger partial charge in [0.1, 0.15) is 12.6 Å². The first-order valence-corrected chi connectivity index (χ1v) is 9.03. The largest absolute Gasteiger partial charge is 0.454 e. The van der Waals surface area contributed by atoms with Crippen molar-refractivity contribution >= 4 is 5.97 Å². The summed E-state index contributed by atoms with van der Waals surface area (Å²) in [5, 5.41) is 11.4. The van der Waals surface area contributed by atoms with Gasteiger partial charge in [-0.25, -0.2) is 4.79 Å². The van der Waals surface area contributed by atoms with Gasteiger partial charge in [-0.15, -0.1) is 0 Å². The number of aliphatic hydroxyl groups is 1. The van der Waals surface area contributed by atoms with Gasteiger partial charge in [0.25, 0.3) is 0 Å². The van der Waals surface area contributed by atoms with E-state index in [4.69, 9.17) is 4.74 Å². The molecule has 0 fully saturated rings. The molecule has 4 heteroatoms. The maximum absolute atomic E-state index is 13.0. The molecular weight excluding hydrogens is 326 g/mol. The Bertz CT molecular complexity index is 668. The Morgan fingerprint density at radius 1 is 1.00 bits per heavy atom. The van der Waals surface area contributed by atoms with Crippen molar-refractivity contribution in [3.63, 3.8) is 0 Å². The van der Waals surface area contributed by atoms with Gasteiger partial charge >= 0.3 is 5.97 Å². The van der Waals surface area contributed by atoms with Crippen LogP contribution in [0.3, 0.4) is 0 Å². The van der Waals surface area contributed by atoms with Gasteiger partial charge in [-0.05, 0) is 38.8 Å². The van der Waals surface area contributed by atoms with E-state index in [1.807, 2.05) is 19.1 Å². The van der Waals surface area contributed by atoms with Gasteiger partial charge in [-0.2, -0.15) is 0 Å². The van der Waals surface area contributed by atoms with Crippen LogP contribution in [0.25, 0.3) is 0 Å². The van der Waals surface area contributed by atoms with E-state index in [2.05, 4.69) is 27.8 Å². The Morgan fingerprint density at radius 2 is 1.42 bits per heavy atom. The number of hydrogen-bond donors (Lipinski definition) is 2. The lowest BCUT2D eigenvalue weighted by atomic mass is 9.86. The molecule has 0 amide bonds. The van der Waals surface area contributed by atoms with Crippen LogP contribution in [0.15, 0.2) is 60.7 Å². The minimum absolute atomic E-state index is 0.0514. The van der Waals surface area contributed by atoms with E-state index in [1.165, 1.54) is 4.90 Å². The minimum atomic E-state index is -1.83. The summed E-state index contributed by atoms with van der Waals surface area (Å²) >= 11 is 0. The summed E-state index contributed by atoms with van der Waals surface area (Å²) in [5.41, 5.74) is -0.776. The summed E-state index contributed by atoms with van der Waals surface area (Å²) in [6.07, 6.45) is -0.319. The van der Waals surface area contributed by atoms with Gasteiger partial charge in [0.15, 0.2) is 0 Å². The van der Waals surface area contributed by atoms with Crippen LogP contribution in [0.1, 0.15) is 38.8 Å². The monoisotopic (exact) mass is 356 g/mol. The zero-order chi connectivity index (χ0) is 19.4. The standard InChI is InChI=1S/C22H29NO3/c1-17(16-23(5)21(2,3)4)26-20(24)22(25,18-12-8-6-9-13-18)19-14-10-7-11-15-19/h6-15,17,25H,16H2,1-5H3/p+1/t17-/m1/s1. The fourth-order valence-electron chi connectivity index (χ4n) is 2.81. The molecule has 0 radical (unpaired) electrons. The van der Waals surface area contributed by atoms with Gasteiger partial charge in [-0.3, -0.25) is 0 Å². The Hall–Kier alpha value is -2.17. The average Bonchev–Trinajstić information content (AvgIpc) is 2.61. The molecular formula is C22H30NO3+. The molecule has 2 aromatic carbocycles. The maximum Gasteiger partial charge on any atom is 0.348 e. The van der Waals surface area contributed by atoms with Gasteiger partial charge in [0, 0.05) is 0 Å². The summed E-state index contributed by atoms with van der Waals surface area (Å²) in [4.78, 5) is 14.3. The molecule has 2 N–H and O–H groups in total. The highest BCUT2D eigenvalue weighted by molar-refractivity contribution is 5.85. The molecule has 0 heterocycles. The second-order valence-electron chi connectivity index (χ2n) is 7.89. The van der Waals surface area contributed by atoms with E-state index < -0.39 is 11.6 Å². The number of nitrogens with one attached hydrogen (secondary N) is 1. The Balaban J connectivity index is 2.28. The average molecular weight is 356 g/mol. The molecule has 26 heavy (non-hydrogen) atoms. The molecule has 2 atom stereocenters. The highest BCUT2D eigenvalue weighted by atomic mass is 16.6. The van der Waals surface area contributed by atoms with Crippen LogP contribution in [0.5, 0.6) is 0 Å². The molecule has 0 aliphatic rings. The smallest absolute Gasteiger partial charge is 0.348 e. The van der Waals surface area contributed by atoms with Crippen molar-refractivity contribution < 1.29 is 19.5 Å². The molecule has 0 aliphatic heterocycles. The first-order chi connectivity index (χ1) is 12.2. The number of carbonyl (C=O) groups excluding carboxylic acids is 1. The third-order valence-electron chi connectivity index (χ3n) is 4.86. The van der Waals surface area contributed by atoms with Crippen LogP contribution in [0.2, 0.25) is 0 Å². The molecule has 0 aliphatic carbocycles. The normalized spacial score (nSPS) is 14.5. The fourth-order valence-corrected chi connectivity index (χ4v) is 2.81. The number of likely N-dealkylation sites (N-methyl/N-ethyl adjacent to an activating group) is 1. The summed E-state index contributed by atoms with van der Waals surface area (Å²) in [5.74, 6) is -0.649. The Morgan fingerprint density at radius 3 is 1.81 bits per heavy atom. The van der Waals surface area contributed by atoms with Crippen LogP contribution in [-0.4, -0.2) is 36.3 Å². The van der Waals surface area contributed by atoms with Crippen molar-refractivity contribution in [3.8, 4) is 0 Å². The van der Waals surface area contributed by atoms with E-state index in [0.717, 1.165) is 0 Å². The zero-order valence-electron chi connectivity index (χ0n) is 16.3. The molecule has 0 bridgehead atoms. The van der Waals surface area contributed by atoms with Crippen LogP contribution in [-0.2, 0) is 15.1 Å². The van der Waals surface area contributed by atoms with Crippen molar-refractivity contribution in [1.82, 2.24) is 0 Å². The SMILES string of the molecule is C[C@H](C[NH+](C)C(C)(C)C)OC(=O)C(O)(c1ccccc1)c1ccccc1. The summed E-state index contributed by atoms with van der Waals surface area (Å²) < 4.78 is 5.68. The Labute approximate surface area is 156 Å². The predicted molar refractivity (Wildman–Crippen MR) is 103 cm³/mol. The van der Waals surface area contributed by atoms with Gasteiger partial charge in [-0.1, -0.05) is 60.7 Å². The van der Waals surface area contributed by atoms with E-state index >= 15 is 0 Å². The fraction of sp³-hybridized carbons (Fsp3) is 0.409. The first kappa shape index (κ1) is 20.1. The number of benzene rings is 2. The highest BCUT2D eigenvalue weighted by Gasteiger charge is 2.42. The van der Waals surface area contributed by atoms with Crippen LogP contribution in [0, 0.1) is 0 Å². The minimum Gasteiger partial charge on any atom is -0.454 e. The maximum atomic E-state index is 13.0. The van der Waals surface area contributed by atoms with Gasteiger partial charge in [0.2, 0.25) is 5.60 Å². The third kappa shape index (κ3) is 4.51. The van der Waals surface area contributed by atoms with Gasteiger partial charge < -0.3 is 14.7 Å². The summed E-state index contributed by atoms with van der Waals surface area (Å²) in [6.45, 7) is 8.95. The molecule has 140 valence electrons. The number of hydrogen-bond acceptors (Lipinski definition) is 3. The lowest BCUT2D eigenvalue weighted by Crippen LogP contribution is -3.17. The van der Waals surface area contributed by atoms with Crippen molar-refractivity contribution in [2.75, 3.05) is 13.6 Å². The zero-order valence-corrected chi connectivity index (χ0v) is 16.3. The molecule has 0 spiro atoms. The number of quaternary nitrogens is 1. The number of carbonyl (C=O) groups is 1. The summed E-state index contributed by atoms with van der Waals surface area (Å²) in [6, 6.07) is 17.9. The van der Waals surface area contributed by atoms with Crippen LogP contribution < -0.4 is 4.90 Å². The molecule has 0 saturated heterocycles. The van der Waals surface area contributed by atoms with E-state index in [-0.39, 0.29) is 11.6 Å². The molecule has 2 rings (SSSR count). The first-order valence-electron chi connectivity index (χ1n) is 9.03. The van der Waals surface area contributed by atoms with Crippen molar-refractivity contribution in [2.45, 2.75) is 44.9 Å². The molecule has 4 nitrogen and oxygen atoms in total. The quantitative estimate of drug-likeness (QED) is 0.780. The number of rotatable bonds is 6. The van der Waals surface area contributed by atoms with E-state index in [0.29, 0.717) is 17.7 Å². The van der Waals surface area contributed by atoms with Crippen LogP contribution in [0.4, 0.5) is 0 Å². The Kier molecular flexibility index (Phi) is 6.21. The lowest BCUT2D eigenvalue weighted by Gasteiger charge is -2.32. The highest BCUT2D eigenvalue weighted by Crippen LogP contribution is 2.31.